The van der Waals surface area contributed by atoms with Gasteiger partial charge in [-0.1, -0.05) is 0 Å². The molecule has 2 atom stereocenters. The van der Waals surface area contributed by atoms with Crippen molar-refractivity contribution < 1.29 is 4.39 Å². The highest BCUT2D eigenvalue weighted by Gasteiger charge is 2.35. The first-order chi connectivity index (χ1) is 8.28. The van der Waals surface area contributed by atoms with Crippen LogP contribution in [0.3, 0.4) is 0 Å². The second-order valence-corrected chi connectivity index (χ2v) is 4.71. The highest BCUT2D eigenvalue weighted by Crippen LogP contribution is 2.31. The molecular weight excluding hydrogens is 219 g/mol. The molecular formula is C12H13FN4. The molecule has 2 fully saturated rings. The Balaban J connectivity index is 1.92. The van der Waals surface area contributed by atoms with Gasteiger partial charge in [-0.15, -0.1) is 0 Å². The number of piperidine rings is 1. The SMILES string of the molecule is N#Cc1cc(N2C[C@H]3CNC[C@H]2C3)cnc1F. The smallest absolute Gasteiger partial charge is 0.230 e. The zero-order valence-electron chi connectivity index (χ0n) is 9.36. The zero-order chi connectivity index (χ0) is 11.8. The molecule has 2 bridgehead atoms. The van der Waals surface area contributed by atoms with E-state index >= 15 is 0 Å². The number of aromatic nitrogens is 1. The number of nitrogens with zero attached hydrogens (tertiary/aromatic N) is 3. The number of nitrogens with one attached hydrogen (secondary N) is 1. The maximum absolute atomic E-state index is 13.2. The molecule has 1 aromatic heterocycles. The van der Waals surface area contributed by atoms with Crippen LogP contribution in [-0.2, 0) is 0 Å². The van der Waals surface area contributed by atoms with Gasteiger partial charge in [0.05, 0.1) is 11.9 Å². The van der Waals surface area contributed by atoms with Gasteiger partial charge in [-0.3, -0.25) is 0 Å². The minimum Gasteiger partial charge on any atom is -0.366 e. The molecule has 1 N–H and O–H groups in total. The first-order valence-electron chi connectivity index (χ1n) is 5.81. The molecule has 5 heteroatoms. The Labute approximate surface area is 99.1 Å². The molecule has 0 unspecified atom stereocenters. The van der Waals surface area contributed by atoms with Crippen LogP contribution in [0.5, 0.6) is 0 Å². The molecule has 2 saturated heterocycles. The van der Waals surface area contributed by atoms with Gasteiger partial charge in [0.15, 0.2) is 0 Å². The first kappa shape index (κ1) is 10.5. The Morgan fingerprint density at radius 1 is 1.53 bits per heavy atom. The average Bonchev–Trinajstić information content (AvgIpc) is 2.65. The number of fused-ring (bicyclic) bond motifs is 2. The molecule has 3 heterocycles. The molecule has 2 aliphatic heterocycles. The number of pyridine rings is 1. The highest BCUT2D eigenvalue weighted by molar-refractivity contribution is 5.51. The monoisotopic (exact) mass is 232 g/mol. The molecule has 0 saturated carbocycles. The minimum absolute atomic E-state index is 0.0249. The van der Waals surface area contributed by atoms with Crippen LogP contribution in [0.15, 0.2) is 12.3 Å². The van der Waals surface area contributed by atoms with Gasteiger partial charge in [-0.2, -0.15) is 9.65 Å². The summed E-state index contributed by atoms with van der Waals surface area (Å²) < 4.78 is 13.2. The van der Waals surface area contributed by atoms with Crippen LogP contribution in [0.1, 0.15) is 12.0 Å². The van der Waals surface area contributed by atoms with Crippen LogP contribution < -0.4 is 10.2 Å². The van der Waals surface area contributed by atoms with E-state index in [4.69, 9.17) is 5.26 Å². The van der Waals surface area contributed by atoms with Crippen molar-refractivity contribution in [3.05, 3.63) is 23.8 Å². The fourth-order valence-corrected chi connectivity index (χ4v) is 2.80. The molecule has 4 nitrogen and oxygen atoms in total. The largest absolute Gasteiger partial charge is 0.366 e. The Hall–Kier alpha value is -1.67. The summed E-state index contributed by atoms with van der Waals surface area (Å²) in [6.45, 7) is 2.97. The van der Waals surface area contributed by atoms with Crippen LogP contribution in [0.4, 0.5) is 10.1 Å². The summed E-state index contributed by atoms with van der Waals surface area (Å²) in [5.74, 6) is -0.0270. The third-order valence-electron chi connectivity index (χ3n) is 3.59. The molecule has 88 valence electrons. The summed E-state index contributed by atoms with van der Waals surface area (Å²) in [6.07, 6.45) is 2.70. The summed E-state index contributed by atoms with van der Waals surface area (Å²) in [7, 11) is 0. The number of rotatable bonds is 1. The lowest BCUT2D eigenvalue weighted by molar-refractivity contribution is 0.434. The van der Waals surface area contributed by atoms with Crippen LogP contribution >= 0.6 is 0 Å². The predicted molar refractivity (Wildman–Crippen MR) is 61.0 cm³/mol. The van der Waals surface area contributed by atoms with Gasteiger partial charge in [0, 0.05) is 19.1 Å². The second kappa shape index (κ2) is 3.97. The molecule has 0 amide bonds. The standard InChI is InChI=1S/C12H13FN4/c13-12-9(3-14)2-11(6-16-12)17-7-8-1-10(17)5-15-4-8/h2,6,8,10,15H,1,4-5,7H2/t8-,10-/m1/s1. The third-order valence-corrected chi connectivity index (χ3v) is 3.59. The predicted octanol–water partition coefficient (Wildman–Crippen LogP) is 0.890. The van der Waals surface area contributed by atoms with Crippen molar-refractivity contribution in [3.63, 3.8) is 0 Å². The lowest BCUT2D eigenvalue weighted by Gasteiger charge is -2.26. The van der Waals surface area contributed by atoms with Gasteiger partial charge in [-0.25, -0.2) is 4.98 Å². The van der Waals surface area contributed by atoms with E-state index in [1.807, 2.05) is 6.07 Å². The molecule has 1 aromatic rings. The first-order valence-corrected chi connectivity index (χ1v) is 5.81. The number of hydrogen-bond donors (Lipinski definition) is 1. The molecule has 17 heavy (non-hydrogen) atoms. The van der Waals surface area contributed by atoms with Gasteiger partial charge in [0.25, 0.3) is 0 Å². The molecule has 0 radical (unpaired) electrons. The quantitative estimate of drug-likeness (QED) is 0.731. The summed E-state index contributed by atoms with van der Waals surface area (Å²) in [5.41, 5.74) is 0.885. The van der Waals surface area contributed by atoms with Crippen LogP contribution in [0.2, 0.25) is 0 Å². The molecule has 0 aliphatic carbocycles. The summed E-state index contributed by atoms with van der Waals surface area (Å²) in [5, 5.41) is 12.2. The fraction of sp³-hybridized carbons (Fsp3) is 0.500. The minimum atomic E-state index is -0.684. The van der Waals surface area contributed by atoms with Crippen LogP contribution in [-0.4, -0.2) is 30.7 Å². The van der Waals surface area contributed by atoms with Crippen molar-refractivity contribution in [1.82, 2.24) is 10.3 Å². The summed E-state index contributed by atoms with van der Waals surface area (Å²) in [4.78, 5) is 5.89. The van der Waals surface area contributed by atoms with Gasteiger partial charge in [0.2, 0.25) is 5.95 Å². The van der Waals surface area contributed by atoms with E-state index in [1.54, 1.807) is 6.07 Å². The van der Waals surface area contributed by atoms with E-state index in [0.717, 1.165) is 25.3 Å². The Morgan fingerprint density at radius 3 is 3.18 bits per heavy atom. The number of nitriles is 1. The maximum atomic E-state index is 13.2. The summed E-state index contributed by atoms with van der Waals surface area (Å²) in [6, 6.07) is 3.89. The van der Waals surface area contributed by atoms with Crippen LogP contribution in [0, 0.1) is 23.2 Å². The highest BCUT2D eigenvalue weighted by atomic mass is 19.1. The Kier molecular flexibility index (Phi) is 2.45. The van der Waals surface area contributed by atoms with Crippen molar-refractivity contribution in [2.45, 2.75) is 12.5 Å². The normalized spacial score (nSPS) is 26.9. The van der Waals surface area contributed by atoms with Crippen molar-refractivity contribution >= 4 is 5.69 Å². The van der Waals surface area contributed by atoms with Gasteiger partial charge in [-0.05, 0) is 24.9 Å². The van der Waals surface area contributed by atoms with Crippen molar-refractivity contribution in [2.75, 3.05) is 24.5 Å². The lowest BCUT2D eigenvalue weighted by Crippen LogP contribution is -2.39. The maximum Gasteiger partial charge on any atom is 0.230 e. The van der Waals surface area contributed by atoms with Gasteiger partial charge >= 0.3 is 0 Å². The molecule has 0 aromatic carbocycles. The average molecular weight is 232 g/mol. The second-order valence-electron chi connectivity index (χ2n) is 4.71. The van der Waals surface area contributed by atoms with E-state index in [-0.39, 0.29) is 5.56 Å². The van der Waals surface area contributed by atoms with Crippen molar-refractivity contribution in [3.8, 4) is 6.07 Å². The van der Waals surface area contributed by atoms with Crippen LogP contribution in [0.25, 0.3) is 0 Å². The summed E-state index contributed by atoms with van der Waals surface area (Å²) >= 11 is 0. The van der Waals surface area contributed by atoms with Gasteiger partial charge in [0.1, 0.15) is 11.6 Å². The molecule has 2 aliphatic rings. The number of anilines is 1. The van der Waals surface area contributed by atoms with E-state index in [2.05, 4.69) is 15.2 Å². The van der Waals surface area contributed by atoms with Crippen molar-refractivity contribution in [2.24, 2.45) is 5.92 Å². The van der Waals surface area contributed by atoms with E-state index in [9.17, 15) is 4.39 Å². The Morgan fingerprint density at radius 2 is 2.41 bits per heavy atom. The van der Waals surface area contributed by atoms with E-state index < -0.39 is 5.95 Å². The zero-order valence-corrected chi connectivity index (χ0v) is 9.36. The number of hydrogen-bond acceptors (Lipinski definition) is 4. The van der Waals surface area contributed by atoms with Crippen molar-refractivity contribution in [1.29, 1.82) is 5.26 Å². The Bertz CT molecular complexity index is 482. The van der Waals surface area contributed by atoms with E-state index in [0.29, 0.717) is 12.0 Å². The molecule has 0 spiro atoms. The van der Waals surface area contributed by atoms with Gasteiger partial charge < -0.3 is 10.2 Å². The molecule has 3 rings (SSSR count). The van der Waals surface area contributed by atoms with E-state index in [1.165, 1.54) is 12.6 Å². The fourth-order valence-electron chi connectivity index (χ4n) is 2.80. The third kappa shape index (κ3) is 1.75. The topological polar surface area (TPSA) is 52.0 Å². The number of halogens is 1. The lowest BCUT2D eigenvalue weighted by atomic mass is 10.0.